The van der Waals surface area contributed by atoms with Crippen molar-refractivity contribution < 1.29 is 17.9 Å². The lowest BCUT2D eigenvalue weighted by Gasteiger charge is -2.16. The van der Waals surface area contributed by atoms with Crippen molar-refractivity contribution in [1.29, 1.82) is 0 Å². The van der Waals surface area contributed by atoms with Crippen molar-refractivity contribution in [3.05, 3.63) is 58.1 Å². The van der Waals surface area contributed by atoms with E-state index in [0.717, 1.165) is 15.6 Å². The number of methoxy groups -OCH3 is 2. The van der Waals surface area contributed by atoms with Crippen molar-refractivity contribution in [2.75, 3.05) is 14.2 Å². The van der Waals surface area contributed by atoms with Crippen molar-refractivity contribution in [2.45, 2.75) is 18.7 Å². The summed E-state index contributed by atoms with van der Waals surface area (Å²) in [4.78, 5) is 0. The van der Waals surface area contributed by atoms with Crippen LogP contribution in [0.2, 0.25) is 0 Å². The zero-order valence-electron chi connectivity index (χ0n) is 13.7. The first-order valence-corrected chi connectivity index (χ1v) is 9.66. The van der Waals surface area contributed by atoms with Crippen LogP contribution in [-0.4, -0.2) is 22.6 Å². The molecule has 0 aliphatic heterocycles. The van der Waals surface area contributed by atoms with E-state index in [2.05, 4.69) is 20.7 Å². The topological polar surface area (TPSA) is 64.6 Å². The molecule has 130 valence electrons. The first kappa shape index (κ1) is 18.8. The molecule has 0 spiro atoms. The maximum absolute atomic E-state index is 12.5. The number of nitrogens with one attached hydrogen (secondary N) is 1. The molecule has 0 aliphatic rings. The first-order chi connectivity index (χ1) is 11.4. The predicted molar refractivity (Wildman–Crippen MR) is 97.9 cm³/mol. The van der Waals surface area contributed by atoms with Gasteiger partial charge in [0.2, 0.25) is 10.0 Å². The maximum Gasteiger partial charge on any atom is 0.218 e. The lowest BCUT2D eigenvalue weighted by molar-refractivity contribution is 0.390. The Morgan fingerprint density at radius 1 is 1.12 bits per heavy atom. The van der Waals surface area contributed by atoms with Gasteiger partial charge in [-0.2, -0.15) is 0 Å². The third kappa shape index (κ3) is 4.49. The monoisotopic (exact) mass is 413 g/mol. The molecule has 24 heavy (non-hydrogen) atoms. The van der Waals surface area contributed by atoms with Crippen molar-refractivity contribution in [3.8, 4) is 11.5 Å². The fourth-order valence-electron chi connectivity index (χ4n) is 2.24. The molecule has 0 radical (unpaired) electrons. The van der Waals surface area contributed by atoms with Crippen LogP contribution in [0, 0.1) is 0 Å². The summed E-state index contributed by atoms with van der Waals surface area (Å²) >= 11 is 3.36. The molecule has 2 aromatic carbocycles. The van der Waals surface area contributed by atoms with Gasteiger partial charge in [0.1, 0.15) is 11.5 Å². The minimum Gasteiger partial charge on any atom is -0.497 e. The second kappa shape index (κ2) is 8.00. The standard InChI is InChI=1S/C17H20BrNO4S/c1-12(13-5-4-6-15(18)9-13)24(20,21)19-11-14-7-8-16(22-2)10-17(14)23-3/h4-10,12,19H,11H2,1-3H3. The second-order valence-corrected chi connectivity index (χ2v) is 8.24. The number of sulfonamides is 1. The van der Waals surface area contributed by atoms with Crippen LogP contribution < -0.4 is 14.2 Å². The van der Waals surface area contributed by atoms with Crippen LogP contribution in [0.25, 0.3) is 0 Å². The number of halogens is 1. The average Bonchev–Trinajstić information content (AvgIpc) is 2.59. The van der Waals surface area contributed by atoms with Crippen molar-refractivity contribution in [3.63, 3.8) is 0 Å². The molecular weight excluding hydrogens is 394 g/mol. The quantitative estimate of drug-likeness (QED) is 0.752. The highest BCUT2D eigenvalue weighted by Crippen LogP contribution is 2.27. The summed E-state index contributed by atoms with van der Waals surface area (Å²) in [6, 6.07) is 12.5. The molecule has 1 unspecified atom stereocenters. The van der Waals surface area contributed by atoms with Gasteiger partial charge in [-0.15, -0.1) is 0 Å². The molecule has 0 saturated heterocycles. The van der Waals surface area contributed by atoms with E-state index in [4.69, 9.17) is 9.47 Å². The fourth-order valence-corrected chi connectivity index (χ4v) is 3.77. The predicted octanol–water partition coefficient (Wildman–Crippen LogP) is 3.65. The molecule has 2 aromatic rings. The van der Waals surface area contributed by atoms with Gasteiger partial charge in [0, 0.05) is 22.6 Å². The molecule has 0 fully saturated rings. The molecule has 0 amide bonds. The van der Waals surface area contributed by atoms with Gasteiger partial charge in [0.25, 0.3) is 0 Å². The largest absolute Gasteiger partial charge is 0.497 e. The molecule has 0 bridgehead atoms. The molecule has 1 atom stereocenters. The van der Waals surface area contributed by atoms with Gasteiger partial charge in [-0.1, -0.05) is 34.1 Å². The summed E-state index contributed by atoms with van der Waals surface area (Å²) in [5.74, 6) is 1.23. The average molecular weight is 414 g/mol. The molecular formula is C17H20BrNO4S. The Balaban J connectivity index is 2.15. The van der Waals surface area contributed by atoms with E-state index >= 15 is 0 Å². The molecule has 0 aliphatic carbocycles. The molecule has 5 nitrogen and oxygen atoms in total. The number of rotatable bonds is 7. The van der Waals surface area contributed by atoms with Gasteiger partial charge in [-0.3, -0.25) is 0 Å². The van der Waals surface area contributed by atoms with Crippen LogP contribution in [0.5, 0.6) is 11.5 Å². The molecule has 0 saturated carbocycles. The number of hydrogen-bond donors (Lipinski definition) is 1. The number of hydrogen-bond acceptors (Lipinski definition) is 4. The van der Waals surface area contributed by atoms with Gasteiger partial charge >= 0.3 is 0 Å². The van der Waals surface area contributed by atoms with Crippen LogP contribution in [0.15, 0.2) is 46.9 Å². The Kier molecular flexibility index (Phi) is 6.26. The van der Waals surface area contributed by atoms with Gasteiger partial charge in [-0.25, -0.2) is 13.1 Å². The van der Waals surface area contributed by atoms with Crippen molar-refractivity contribution >= 4 is 26.0 Å². The van der Waals surface area contributed by atoms with Crippen molar-refractivity contribution in [2.24, 2.45) is 0 Å². The van der Waals surface area contributed by atoms with E-state index in [-0.39, 0.29) is 6.54 Å². The van der Waals surface area contributed by atoms with E-state index in [9.17, 15) is 8.42 Å². The Labute approximate surface area is 151 Å². The van der Waals surface area contributed by atoms with E-state index in [1.807, 2.05) is 12.1 Å². The second-order valence-electron chi connectivity index (χ2n) is 5.24. The van der Waals surface area contributed by atoms with E-state index in [1.54, 1.807) is 44.4 Å². The molecule has 0 heterocycles. The molecule has 7 heteroatoms. The van der Waals surface area contributed by atoms with E-state index in [1.165, 1.54) is 7.11 Å². The van der Waals surface area contributed by atoms with Crippen molar-refractivity contribution in [1.82, 2.24) is 4.72 Å². The Hall–Kier alpha value is -1.57. The van der Waals surface area contributed by atoms with Crippen LogP contribution in [-0.2, 0) is 16.6 Å². The Morgan fingerprint density at radius 3 is 2.50 bits per heavy atom. The number of ether oxygens (including phenoxy) is 2. The van der Waals surface area contributed by atoms with Crippen LogP contribution in [0.4, 0.5) is 0 Å². The van der Waals surface area contributed by atoms with Crippen LogP contribution in [0.3, 0.4) is 0 Å². The normalized spacial score (nSPS) is 12.7. The third-order valence-electron chi connectivity index (χ3n) is 3.74. The first-order valence-electron chi connectivity index (χ1n) is 7.32. The summed E-state index contributed by atoms with van der Waals surface area (Å²) in [7, 11) is -0.422. The maximum atomic E-state index is 12.5. The lowest BCUT2D eigenvalue weighted by atomic mass is 10.2. The zero-order chi connectivity index (χ0) is 17.7. The smallest absolute Gasteiger partial charge is 0.218 e. The van der Waals surface area contributed by atoms with Gasteiger partial charge < -0.3 is 9.47 Å². The fraction of sp³-hybridized carbons (Fsp3) is 0.294. The molecule has 1 N–H and O–H groups in total. The summed E-state index contributed by atoms with van der Waals surface area (Å²) in [5.41, 5.74) is 1.46. The Bertz CT molecular complexity index is 808. The highest BCUT2D eigenvalue weighted by Gasteiger charge is 2.22. The lowest BCUT2D eigenvalue weighted by Crippen LogP contribution is -2.27. The summed E-state index contributed by atoms with van der Waals surface area (Å²) in [5, 5.41) is -0.667. The molecule has 2 rings (SSSR count). The third-order valence-corrected chi connectivity index (χ3v) is 5.98. The Morgan fingerprint density at radius 2 is 1.88 bits per heavy atom. The van der Waals surface area contributed by atoms with Gasteiger partial charge in [0.15, 0.2) is 0 Å². The van der Waals surface area contributed by atoms with E-state index < -0.39 is 15.3 Å². The van der Waals surface area contributed by atoms with Gasteiger partial charge in [-0.05, 0) is 30.7 Å². The van der Waals surface area contributed by atoms with Gasteiger partial charge in [0.05, 0.1) is 19.5 Å². The SMILES string of the molecule is COc1ccc(CNS(=O)(=O)C(C)c2cccc(Br)c2)c(OC)c1. The minimum atomic E-state index is -3.53. The summed E-state index contributed by atoms with van der Waals surface area (Å²) in [6.45, 7) is 1.81. The van der Waals surface area contributed by atoms with Crippen LogP contribution >= 0.6 is 15.9 Å². The zero-order valence-corrected chi connectivity index (χ0v) is 16.1. The summed E-state index contributed by atoms with van der Waals surface area (Å²) in [6.07, 6.45) is 0. The van der Waals surface area contributed by atoms with Crippen LogP contribution in [0.1, 0.15) is 23.3 Å². The van der Waals surface area contributed by atoms with E-state index in [0.29, 0.717) is 11.5 Å². The molecule has 0 aromatic heterocycles. The highest BCUT2D eigenvalue weighted by atomic mass is 79.9. The highest BCUT2D eigenvalue weighted by molar-refractivity contribution is 9.10. The number of benzene rings is 2. The summed E-state index contributed by atoms with van der Waals surface area (Å²) < 4.78 is 39.0. The minimum absolute atomic E-state index is 0.147.